The lowest BCUT2D eigenvalue weighted by molar-refractivity contribution is -0.137. The van der Waals surface area contributed by atoms with Crippen molar-refractivity contribution in [3.63, 3.8) is 0 Å². The average molecular weight is 371 g/mol. The van der Waals surface area contributed by atoms with E-state index < -0.39 is 11.7 Å². The van der Waals surface area contributed by atoms with E-state index >= 15 is 0 Å². The van der Waals surface area contributed by atoms with Gasteiger partial charge in [-0.3, -0.25) is 4.79 Å². The molecule has 142 valence electrons. The molecule has 6 nitrogen and oxygen atoms in total. The molecule has 1 aliphatic heterocycles. The number of ether oxygens (including phenoxy) is 2. The molecule has 0 aliphatic carbocycles. The molecule has 1 amide bonds. The number of fused-ring (bicyclic) bond motifs is 1. The topological polar surface area (TPSA) is 65.4 Å². The van der Waals surface area contributed by atoms with Gasteiger partial charge in [-0.2, -0.15) is 13.2 Å². The van der Waals surface area contributed by atoms with Gasteiger partial charge >= 0.3 is 6.18 Å². The number of benzene rings is 1. The summed E-state index contributed by atoms with van der Waals surface area (Å²) in [6.45, 7) is 1.11. The highest BCUT2D eigenvalue weighted by Gasteiger charge is 2.31. The maximum atomic E-state index is 12.8. The van der Waals surface area contributed by atoms with Crippen molar-refractivity contribution >= 4 is 16.9 Å². The summed E-state index contributed by atoms with van der Waals surface area (Å²) >= 11 is 0. The van der Waals surface area contributed by atoms with Crippen LogP contribution >= 0.6 is 0 Å². The number of nitrogens with zero attached hydrogens (tertiary/aromatic N) is 2. The Morgan fingerprint density at radius 3 is 2.96 bits per heavy atom. The zero-order valence-corrected chi connectivity index (χ0v) is 14.3. The number of alkyl halides is 3. The van der Waals surface area contributed by atoms with Gasteiger partial charge in [0.2, 0.25) is 5.91 Å². The van der Waals surface area contributed by atoms with Crippen LogP contribution in [0.2, 0.25) is 0 Å². The second kappa shape index (κ2) is 7.63. The highest BCUT2D eigenvalue weighted by atomic mass is 19.4. The van der Waals surface area contributed by atoms with Crippen LogP contribution < -0.4 is 5.32 Å². The van der Waals surface area contributed by atoms with E-state index in [4.69, 9.17) is 9.47 Å². The van der Waals surface area contributed by atoms with Gasteiger partial charge in [0.25, 0.3) is 0 Å². The Labute approximate surface area is 148 Å². The van der Waals surface area contributed by atoms with Gasteiger partial charge in [-0.25, -0.2) is 4.98 Å². The Hall–Kier alpha value is -2.13. The summed E-state index contributed by atoms with van der Waals surface area (Å²) in [5, 5.41) is 2.66. The van der Waals surface area contributed by atoms with Gasteiger partial charge in [-0.1, -0.05) is 0 Å². The third kappa shape index (κ3) is 4.34. The van der Waals surface area contributed by atoms with Crippen LogP contribution in [0.5, 0.6) is 0 Å². The summed E-state index contributed by atoms with van der Waals surface area (Å²) in [5.41, 5.74) is 0.0549. The summed E-state index contributed by atoms with van der Waals surface area (Å²) in [5.74, 6) is 0.151. The largest absolute Gasteiger partial charge is 0.416 e. The van der Waals surface area contributed by atoms with Crippen molar-refractivity contribution in [2.45, 2.75) is 31.7 Å². The number of aryl methyl sites for hydroxylation is 1. The number of nitrogens with one attached hydrogen (secondary N) is 1. The van der Waals surface area contributed by atoms with E-state index in [0.717, 1.165) is 31.6 Å². The third-order valence-corrected chi connectivity index (χ3v) is 4.31. The highest BCUT2D eigenvalue weighted by molar-refractivity contribution is 5.78. The molecular weight excluding hydrogens is 351 g/mol. The van der Waals surface area contributed by atoms with E-state index in [9.17, 15) is 18.0 Å². The smallest absolute Gasteiger partial charge is 0.376 e. The van der Waals surface area contributed by atoms with Crippen molar-refractivity contribution in [1.29, 1.82) is 0 Å². The number of carbonyl (C=O) groups is 1. The lowest BCUT2D eigenvalue weighted by atomic mass is 10.2. The number of halogens is 3. The first kappa shape index (κ1) is 18.7. The number of hydrogen-bond donors (Lipinski definition) is 1. The Kier molecular flexibility index (Phi) is 5.47. The summed E-state index contributed by atoms with van der Waals surface area (Å²) in [6.07, 6.45) is -2.43. The van der Waals surface area contributed by atoms with E-state index in [0.29, 0.717) is 17.9 Å². The molecule has 1 fully saturated rings. The zero-order chi connectivity index (χ0) is 18.7. The Balaban J connectivity index is 1.56. The molecule has 1 aliphatic rings. The Bertz CT molecular complexity index is 783. The van der Waals surface area contributed by atoms with Gasteiger partial charge in [0, 0.05) is 13.7 Å². The lowest BCUT2D eigenvalue weighted by Crippen LogP contribution is -2.29. The minimum Gasteiger partial charge on any atom is -0.376 e. The SMILES string of the molecule is Cn1c(CNC(=O)COC[C@H]2CCCO2)nc2cc(C(F)(F)F)ccc21. The van der Waals surface area contributed by atoms with Crippen molar-refractivity contribution in [3.8, 4) is 0 Å². The molecule has 0 bridgehead atoms. The molecule has 9 heteroatoms. The zero-order valence-electron chi connectivity index (χ0n) is 14.3. The molecular formula is C17H20F3N3O3. The van der Waals surface area contributed by atoms with Crippen molar-refractivity contribution < 1.29 is 27.4 Å². The van der Waals surface area contributed by atoms with Crippen LogP contribution in [0, 0.1) is 0 Å². The van der Waals surface area contributed by atoms with Crippen LogP contribution in [-0.2, 0) is 34.0 Å². The average Bonchev–Trinajstić information content (AvgIpc) is 3.20. The molecule has 1 saturated heterocycles. The summed E-state index contributed by atoms with van der Waals surface area (Å²) in [6, 6.07) is 3.40. The second-order valence-corrected chi connectivity index (χ2v) is 6.22. The molecule has 26 heavy (non-hydrogen) atoms. The monoisotopic (exact) mass is 371 g/mol. The normalized spacial score (nSPS) is 17.8. The summed E-state index contributed by atoms with van der Waals surface area (Å²) in [4.78, 5) is 16.0. The molecule has 1 aromatic carbocycles. The van der Waals surface area contributed by atoms with Crippen molar-refractivity contribution in [1.82, 2.24) is 14.9 Å². The molecule has 0 radical (unpaired) electrons. The van der Waals surface area contributed by atoms with Gasteiger partial charge in [-0.15, -0.1) is 0 Å². The van der Waals surface area contributed by atoms with Gasteiger partial charge < -0.3 is 19.4 Å². The molecule has 0 saturated carbocycles. The first-order chi connectivity index (χ1) is 12.3. The van der Waals surface area contributed by atoms with Crippen LogP contribution in [0.15, 0.2) is 18.2 Å². The van der Waals surface area contributed by atoms with Crippen LogP contribution in [0.25, 0.3) is 11.0 Å². The van der Waals surface area contributed by atoms with Crippen LogP contribution in [-0.4, -0.2) is 41.4 Å². The van der Waals surface area contributed by atoms with Crippen molar-refractivity contribution in [2.75, 3.05) is 19.8 Å². The first-order valence-corrected chi connectivity index (χ1v) is 8.33. The van der Waals surface area contributed by atoms with E-state index in [1.54, 1.807) is 11.6 Å². The Morgan fingerprint density at radius 1 is 1.46 bits per heavy atom. The fourth-order valence-corrected chi connectivity index (χ4v) is 2.87. The predicted octanol–water partition coefficient (Wildman–Crippen LogP) is 2.40. The summed E-state index contributed by atoms with van der Waals surface area (Å²) < 4.78 is 50.8. The van der Waals surface area contributed by atoms with Crippen LogP contribution in [0.4, 0.5) is 13.2 Å². The first-order valence-electron chi connectivity index (χ1n) is 8.33. The molecule has 1 atom stereocenters. The molecule has 2 heterocycles. The van der Waals surface area contributed by atoms with Gasteiger partial charge in [0.15, 0.2) is 0 Å². The standard InChI is InChI=1S/C17H20F3N3O3/c1-23-14-5-4-11(17(18,19)20)7-13(14)22-15(23)8-21-16(24)10-25-9-12-3-2-6-26-12/h4-5,7,12H,2-3,6,8-10H2,1H3,(H,21,24)/t12-/m1/s1. The maximum Gasteiger partial charge on any atom is 0.416 e. The molecule has 1 aromatic heterocycles. The number of aromatic nitrogens is 2. The highest BCUT2D eigenvalue weighted by Crippen LogP contribution is 2.31. The number of carbonyl (C=O) groups excluding carboxylic acids is 1. The quantitative estimate of drug-likeness (QED) is 0.847. The molecule has 2 aromatic rings. The maximum absolute atomic E-state index is 12.8. The van der Waals surface area contributed by atoms with Gasteiger partial charge in [0.05, 0.1) is 35.9 Å². The molecule has 3 rings (SSSR count). The van der Waals surface area contributed by atoms with E-state index in [2.05, 4.69) is 10.3 Å². The lowest BCUT2D eigenvalue weighted by Gasteiger charge is -2.10. The van der Waals surface area contributed by atoms with Gasteiger partial charge in [0.1, 0.15) is 12.4 Å². The Morgan fingerprint density at radius 2 is 2.27 bits per heavy atom. The molecule has 0 spiro atoms. The molecule has 0 unspecified atom stereocenters. The predicted molar refractivity (Wildman–Crippen MR) is 87.4 cm³/mol. The van der Waals surface area contributed by atoms with Crippen molar-refractivity contribution in [3.05, 3.63) is 29.6 Å². The fraction of sp³-hybridized carbons (Fsp3) is 0.529. The fourth-order valence-electron chi connectivity index (χ4n) is 2.87. The number of amides is 1. The second-order valence-electron chi connectivity index (χ2n) is 6.22. The number of imidazole rings is 1. The molecule has 1 N–H and O–H groups in total. The minimum absolute atomic E-state index is 0.0467. The summed E-state index contributed by atoms with van der Waals surface area (Å²) in [7, 11) is 1.69. The van der Waals surface area contributed by atoms with E-state index in [-0.39, 0.29) is 30.7 Å². The van der Waals surface area contributed by atoms with Gasteiger partial charge in [-0.05, 0) is 31.0 Å². The van der Waals surface area contributed by atoms with Crippen LogP contribution in [0.3, 0.4) is 0 Å². The van der Waals surface area contributed by atoms with E-state index in [1.165, 1.54) is 6.07 Å². The number of rotatable bonds is 6. The third-order valence-electron chi connectivity index (χ3n) is 4.31. The van der Waals surface area contributed by atoms with Crippen LogP contribution in [0.1, 0.15) is 24.2 Å². The van der Waals surface area contributed by atoms with E-state index in [1.807, 2.05) is 0 Å². The number of hydrogen-bond acceptors (Lipinski definition) is 4. The van der Waals surface area contributed by atoms with Crippen molar-refractivity contribution in [2.24, 2.45) is 7.05 Å². The minimum atomic E-state index is -4.42.